The van der Waals surface area contributed by atoms with E-state index in [9.17, 15) is 0 Å². The van der Waals surface area contributed by atoms with Crippen molar-refractivity contribution in [2.24, 2.45) is 0 Å². The van der Waals surface area contributed by atoms with E-state index in [-0.39, 0.29) is 0 Å². The van der Waals surface area contributed by atoms with Crippen LogP contribution >= 0.6 is 23.8 Å². The molecule has 2 aromatic carbocycles. The second-order valence-corrected chi connectivity index (χ2v) is 6.93. The molecule has 1 aliphatic heterocycles. The molecular formula is C20H23ClN2OS. The van der Waals surface area contributed by atoms with Crippen LogP contribution in [0.5, 0.6) is 5.75 Å². The fraction of sp³-hybridized carbons (Fsp3) is 0.350. The van der Waals surface area contributed by atoms with E-state index in [1.165, 1.54) is 0 Å². The summed E-state index contributed by atoms with van der Waals surface area (Å²) in [5.74, 6) is 0.812. The Labute approximate surface area is 160 Å². The first-order valence-corrected chi connectivity index (χ1v) is 9.44. The molecule has 1 heterocycles. The quantitative estimate of drug-likeness (QED) is 0.727. The van der Waals surface area contributed by atoms with Crippen LogP contribution in [0.3, 0.4) is 0 Å². The van der Waals surface area contributed by atoms with Crippen molar-refractivity contribution in [3.05, 3.63) is 64.7 Å². The molecule has 0 saturated carbocycles. The third-order valence-electron chi connectivity index (χ3n) is 4.54. The van der Waals surface area contributed by atoms with Gasteiger partial charge in [0.1, 0.15) is 17.3 Å². The fourth-order valence-electron chi connectivity index (χ4n) is 2.95. The SMILES string of the molecule is CCN1CCN(C(=S)c2cccc(OCc3ccccc3Cl)c2)CC1. The Morgan fingerprint density at radius 3 is 2.56 bits per heavy atom. The standard InChI is InChI=1S/C20H23ClN2OS/c1-2-22-10-12-23(13-11-22)20(25)16-7-5-8-18(14-16)24-15-17-6-3-4-9-19(17)21/h3-9,14H,2,10-13,15H2,1H3. The highest BCUT2D eigenvalue weighted by Crippen LogP contribution is 2.20. The number of halogens is 1. The molecule has 0 N–H and O–H groups in total. The highest BCUT2D eigenvalue weighted by Gasteiger charge is 2.18. The molecular weight excluding hydrogens is 352 g/mol. The minimum atomic E-state index is 0.449. The van der Waals surface area contributed by atoms with E-state index in [1.807, 2.05) is 42.5 Å². The van der Waals surface area contributed by atoms with Crippen molar-refractivity contribution in [3.63, 3.8) is 0 Å². The molecule has 3 nitrogen and oxygen atoms in total. The van der Waals surface area contributed by atoms with Crippen molar-refractivity contribution in [1.82, 2.24) is 9.80 Å². The molecule has 0 bridgehead atoms. The summed E-state index contributed by atoms with van der Waals surface area (Å²) in [6.45, 7) is 7.86. The summed E-state index contributed by atoms with van der Waals surface area (Å²) in [7, 11) is 0. The van der Waals surface area contributed by atoms with Crippen LogP contribution in [0.1, 0.15) is 18.1 Å². The third-order valence-corrected chi connectivity index (χ3v) is 5.40. The van der Waals surface area contributed by atoms with Gasteiger partial charge in [-0.25, -0.2) is 0 Å². The number of likely N-dealkylation sites (N-methyl/N-ethyl adjacent to an activating group) is 1. The number of nitrogens with zero attached hydrogens (tertiary/aromatic N) is 2. The monoisotopic (exact) mass is 374 g/mol. The molecule has 0 amide bonds. The van der Waals surface area contributed by atoms with Crippen molar-refractivity contribution in [2.45, 2.75) is 13.5 Å². The van der Waals surface area contributed by atoms with Gasteiger partial charge in [-0.1, -0.05) is 61.1 Å². The van der Waals surface area contributed by atoms with Crippen LogP contribution in [0.4, 0.5) is 0 Å². The van der Waals surface area contributed by atoms with E-state index >= 15 is 0 Å². The van der Waals surface area contributed by atoms with E-state index in [4.69, 9.17) is 28.6 Å². The minimum absolute atomic E-state index is 0.449. The first-order valence-electron chi connectivity index (χ1n) is 8.65. The predicted octanol–water partition coefficient (Wildman–Crippen LogP) is 4.23. The number of benzene rings is 2. The summed E-state index contributed by atoms with van der Waals surface area (Å²) in [6, 6.07) is 15.8. The smallest absolute Gasteiger partial charge is 0.120 e. The van der Waals surface area contributed by atoms with E-state index in [0.29, 0.717) is 6.61 Å². The number of piperazine rings is 1. The van der Waals surface area contributed by atoms with Crippen LogP contribution in [0.2, 0.25) is 5.02 Å². The van der Waals surface area contributed by atoms with Crippen molar-refractivity contribution in [2.75, 3.05) is 32.7 Å². The Bertz CT molecular complexity index is 729. The zero-order valence-corrected chi connectivity index (χ0v) is 16.0. The van der Waals surface area contributed by atoms with Gasteiger partial charge in [0.15, 0.2) is 0 Å². The maximum atomic E-state index is 6.19. The van der Waals surface area contributed by atoms with Crippen LogP contribution in [-0.4, -0.2) is 47.5 Å². The van der Waals surface area contributed by atoms with E-state index < -0.39 is 0 Å². The molecule has 0 aliphatic carbocycles. The Morgan fingerprint density at radius 2 is 1.84 bits per heavy atom. The Hall–Kier alpha value is -1.62. The van der Waals surface area contributed by atoms with Crippen molar-refractivity contribution >= 4 is 28.8 Å². The Morgan fingerprint density at radius 1 is 1.08 bits per heavy atom. The second kappa shape index (κ2) is 8.65. The molecule has 1 saturated heterocycles. The molecule has 3 rings (SSSR count). The van der Waals surface area contributed by atoms with Crippen LogP contribution < -0.4 is 4.74 Å². The largest absolute Gasteiger partial charge is 0.489 e. The first kappa shape index (κ1) is 18.2. The Balaban J connectivity index is 1.63. The highest BCUT2D eigenvalue weighted by molar-refractivity contribution is 7.80. The van der Waals surface area contributed by atoms with Crippen LogP contribution in [0.25, 0.3) is 0 Å². The fourth-order valence-corrected chi connectivity index (χ4v) is 3.45. The lowest BCUT2D eigenvalue weighted by Gasteiger charge is -2.35. The van der Waals surface area contributed by atoms with Gasteiger partial charge in [-0.05, 0) is 24.7 Å². The molecule has 0 atom stereocenters. The molecule has 1 fully saturated rings. The van der Waals surface area contributed by atoms with Crippen molar-refractivity contribution in [1.29, 1.82) is 0 Å². The summed E-state index contributed by atoms with van der Waals surface area (Å²) in [6.07, 6.45) is 0. The molecule has 25 heavy (non-hydrogen) atoms. The van der Waals surface area contributed by atoms with Crippen LogP contribution in [-0.2, 0) is 6.61 Å². The topological polar surface area (TPSA) is 15.7 Å². The van der Waals surface area contributed by atoms with Crippen LogP contribution in [0, 0.1) is 0 Å². The zero-order valence-electron chi connectivity index (χ0n) is 14.5. The normalized spacial score (nSPS) is 15.2. The highest BCUT2D eigenvalue weighted by atomic mass is 35.5. The van der Waals surface area contributed by atoms with Gasteiger partial charge >= 0.3 is 0 Å². The summed E-state index contributed by atoms with van der Waals surface area (Å²) >= 11 is 11.9. The van der Waals surface area contributed by atoms with Crippen LogP contribution in [0.15, 0.2) is 48.5 Å². The lowest BCUT2D eigenvalue weighted by atomic mass is 10.2. The van der Waals surface area contributed by atoms with Crippen molar-refractivity contribution in [3.8, 4) is 5.75 Å². The summed E-state index contributed by atoms with van der Waals surface area (Å²) in [4.78, 5) is 5.63. The second-order valence-electron chi connectivity index (χ2n) is 6.13. The van der Waals surface area contributed by atoms with Gasteiger partial charge in [-0.3, -0.25) is 0 Å². The summed E-state index contributed by atoms with van der Waals surface area (Å²) < 4.78 is 5.91. The van der Waals surface area contributed by atoms with Crippen molar-refractivity contribution < 1.29 is 4.74 Å². The maximum Gasteiger partial charge on any atom is 0.120 e. The van der Waals surface area contributed by atoms with E-state index in [2.05, 4.69) is 22.8 Å². The maximum absolute atomic E-state index is 6.19. The number of rotatable bonds is 5. The van der Waals surface area contributed by atoms with Gasteiger partial charge in [-0.15, -0.1) is 0 Å². The minimum Gasteiger partial charge on any atom is -0.489 e. The van der Waals surface area contributed by atoms with E-state index in [0.717, 1.165) is 59.6 Å². The summed E-state index contributed by atoms with van der Waals surface area (Å²) in [5, 5.41) is 0.725. The van der Waals surface area contributed by atoms with Gasteiger partial charge in [0.2, 0.25) is 0 Å². The molecule has 132 valence electrons. The molecule has 0 unspecified atom stereocenters. The van der Waals surface area contributed by atoms with Gasteiger partial charge < -0.3 is 14.5 Å². The first-order chi connectivity index (χ1) is 12.2. The average molecular weight is 375 g/mol. The number of hydrogen-bond acceptors (Lipinski definition) is 3. The number of ether oxygens (including phenoxy) is 1. The molecule has 0 radical (unpaired) electrons. The molecule has 5 heteroatoms. The lowest BCUT2D eigenvalue weighted by Crippen LogP contribution is -2.48. The van der Waals surface area contributed by atoms with Gasteiger partial charge in [0, 0.05) is 42.3 Å². The molecule has 2 aromatic rings. The molecule has 1 aliphatic rings. The number of hydrogen-bond donors (Lipinski definition) is 0. The lowest BCUT2D eigenvalue weighted by molar-refractivity contribution is 0.192. The summed E-state index contributed by atoms with van der Waals surface area (Å²) in [5.41, 5.74) is 2.02. The Kier molecular flexibility index (Phi) is 6.29. The molecule has 0 aromatic heterocycles. The van der Waals surface area contributed by atoms with Gasteiger partial charge in [-0.2, -0.15) is 0 Å². The average Bonchev–Trinajstić information content (AvgIpc) is 2.67. The number of thiocarbonyl (C=S) groups is 1. The molecule has 0 spiro atoms. The van der Waals surface area contributed by atoms with Gasteiger partial charge in [0.05, 0.1) is 0 Å². The predicted molar refractivity (Wildman–Crippen MR) is 108 cm³/mol. The zero-order chi connectivity index (χ0) is 17.6. The van der Waals surface area contributed by atoms with E-state index in [1.54, 1.807) is 0 Å². The third kappa shape index (κ3) is 4.72. The van der Waals surface area contributed by atoms with Gasteiger partial charge in [0.25, 0.3) is 0 Å².